The van der Waals surface area contributed by atoms with E-state index in [4.69, 9.17) is 9.47 Å². The van der Waals surface area contributed by atoms with Crippen molar-refractivity contribution < 1.29 is 9.47 Å². The molecule has 1 aromatic carbocycles. The molecule has 18 heavy (non-hydrogen) atoms. The first-order valence-electron chi connectivity index (χ1n) is 6.59. The summed E-state index contributed by atoms with van der Waals surface area (Å²) in [7, 11) is 0. The zero-order chi connectivity index (χ0) is 12.6. The van der Waals surface area contributed by atoms with Gasteiger partial charge < -0.3 is 14.8 Å². The van der Waals surface area contributed by atoms with Crippen LogP contribution in [-0.2, 0) is 16.1 Å². The lowest BCUT2D eigenvalue weighted by atomic mass is 10.1. The summed E-state index contributed by atoms with van der Waals surface area (Å²) in [6.07, 6.45) is 6.36. The lowest BCUT2D eigenvalue weighted by Crippen LogP contribution is -2.22. The van der Waals surface area contributed by atoms with E-state index in [1.165, 1.54) is 5.56 Å². The molecule has 1 aliphatic heterocycles. The molecule has 1 N–H and O–H groups in total. The number of hydrogen-bond donors (Lipinski definition) is 1. The van der Waals surface area contributed by atoms with E-state index in [9.17, 15) is 0 Å². The van der Waals surface area contributed by atoms with Crippen molar-refractivity contribution in [2.24, 2.45) is 0 Å². The topological polar surface area (TPSA) is 30.5 Å². The van der Waals surface area contributed by atoms with Crippen molar-refractivity contribution in [1.29, 1.82) is 0 Å². The van der Waals surface area contributed by atoms with Gasteiger partial charge in [-0.05, 0) is 43.5 Å². The molecule has 0 amide bonds. The number of rotatable bonds is 6. The molecule has 0 radical (unpaired) electrons. The van der Waals surface area contributed by atoms with Crippen LogP contribution in [-0.4, -0.2) is 19.3 Å². The highest BCUT2D eigenvalue weighted by molar-refractivity contribution is 5.44. The fourth-order valence-electron chi connectivity index (χ4n) is 1.91. The average Bonchev–Trinajstić information content (AvgIpc) is 2.45. The Kier molecular flexibility index (Phi) is 5.09. The van der Waals surface area contributed by atoms with Crippen LogP contribution in [0, 0.1) is 0 Å². The third kappa shape index (κ3) is 4.08. The van der Waals surface area contributed by atoms with Gasteiger partial charge in [-0.2, -0.15) is 0 Å². The smallest absolute Gasteiger partial charge is 0.115 e. The minimum Gasteiger partial charge on any atom is -0.497 e. The lowest BCUT2D eigenvalue weighted by Gasteiger charge is -2.20. The highest BCUT2D eigenvalue weighted by Gasteiger charge is 2.09. The van der Waals surface area contributed by atoms with E-state index in [1.807, 2.05) is 6.92 Å². The van der Waals surface area contributed by atoms with Gasteiger partial charge in [0.05, 0.1) is 19.4 Å². The molecule has 0 fully saturated rings. The van der Waals surface area contributed by atoms with E-state index in [0.29, 0.717) is 6.61 Å². The molecule has 1 aliphatic rings. The van der Waals surface area contributed by atoms with E-state index in [1.54, 1.807) is 6.26 Å². The first-order chi connectivity index (χ1) is 8.88. The standard InChI is InChI=1S/C15H21NO2/c1-2-17-12-13-6-8-14(9-7-13)16-11-15-5-3-4-10-18-15/h4,6-10,15-16H,2-3,5,11-12H2,1H3. The fourth-order valence-corrected chi connectivity index (χ4v) is 1.91. The van der Waals surface area contributed by atoms with Crippen LogP contribution in [0.25, 0.3) is 0 Å². The lowest BCUT2D eigenvalue weighted by molar-refractivity contribution is 0.134. The molecule has 3 heteroatoms. The molecule has 0 bridgehead atoms. The minimum atomic E-state index is 0.290. The second kappa shape index (κ2) is 7.07. The van der Waals surface area contributed by atoms with Gasteiger partial charge in [0.15, 0.2) is 0 Å². The predicted octanol–water partition coefficient (Wildman–Crippen LogP) is 3.33. The van der Waals surface area contributed by atoms with Crippen LogP contribution in [0.1, 0.15) is 25.3 Å². The van der Waals surface area contributed by atoms with Crippen molar-refractivity contribution in [3.63, 3.8) is 0 Å². The molecule has 0 saturated carbocycles. The molecular weight excluding hydrogens is 226 g/mol. The summed E-state index contributed by atoms with van der Waals surface area (Å²) in [5.41, 5.74) is 2.34. The van der Waals surface area contributed by atoms with Crippen LogP contribution in [0.5, 0.6) is 0 Å². The van der Waals surface area contributed by atoms with Crippen LogP contribution >= 0.6 is 0 Å². The SMILES string of the molecule is CCOCc1ccc(NCC2CCC=CO2)cc1. The minimum absolute atomic E-state index is 0.290. The Labute approximate surface area is 109 Å². The predicted molar refractivity (Wildman–Crippen MR) is 73.5 cm³/mol. The van der Waals surface area contributed by atoms with Crippen molar-refractivity contribution in [3.8, 4) is 0 Å². The number of benzene rings is 1. The van der Waals surface area contributed by atoms with E-state index in [-0.39, 0.29) is 6.10 Å². The van der Waals surface area contributed by atoms with E-state index in [0.717, 1.165) is 31.7 Å². The summed E-state index contributed by atoms with van der Waals surface area (Å²) in [6, 6.07) is 8.37. The van der Waals surface area contributed by atoms with E-state index in [2.05, 4.69) is 35.7 Å². The Morgan fingerprint density at radius 3 is 2.83 bits per heavy atom. The van der Waals surface area contributed by atoms with Crippen molar-refractivity contribution in [1.82, 2.24) is 0 Å². The van der Waals surface area contributed by atoms with Gasteiger partial charge in [0.2, 0.25) is 0 Å². The van der Waals surface area contributed by atoms with Gasteiger partial charge in [0.1, 0.15) is 6.10 Å². The summed E-state index contributed by atoms with van der Waals surface area (Å²) in [5, 5.41) is 3.40. The van der Waals surface area contributed by atoms with Crippen molar-refractivity contribution in [2.75, 3.05) is 18.5 Å². The molecule has 2 rings (SSSR count). The maximum atomic E-state index is 5.51. The highest BCUT2D eigenvalue weighted by atomic mass is 16.5. The van der Waals surface area contributed by atoms with Crippen LogP contribution in [0.4, 0.5) is 5.69 Å². The molecule has 0 spiro atoms. The monoisotopic (exact) mass is 247 g/mol. The quantitative estimate of drug-likeness (QED) is 0.836. The van der Waals surface area contributed by atoms with Crippen LogP contribution in [0.2, 0.25) is 0 Å². The number of allylic oxidation sites excluding steroid dienone is 1. The summed E-state index contributed by atoms with van der Waals surface area (Å²) < 4.78 is 10.9. The average molecular weight is 247 g/mol. The number of anilines is 1. The van der Waals surface area contributed by atoms with Gasteiger partial charge in [0, 0.05) is 12.3 Å². The molecule has 98 valence electrons. The van der Waals surface area contributed by atoms with Crippen LogP contribution in [0.3, 0.4) is 0 Å². The zero-order valence-corrected chi connectivity index (χ0v) is 10.9. The molecule has 1 aromatic rings. The summed E-state index contributed by atoms with van der Waals surface area (Å²) in [5.74, 6) is 0. The second-order valence-corrected chi connectivity index (χ2v) is 4.42. The van der Waals surface area contributed by atoms with Gasteiger partial charge in [-0.25, -0.2) is 0 Å². The Hall–Kier alpha value is -1.48. The second-order valence-electron chi connectivity index (χ2n) is 4.42. The highest BCUT2D eigenvalue weighted by Crippen LogP contribution is 2.14. The van der Waals surface area contributed by atoms with Gasteiger partial charge in [-0.1, -0.05) is 12.1 Å². The molecule has 0 aliphatic carbocycles. The van der Waals surface area contributed by atoms with Crippen LogP contribution < -0.4 is 5.32 Å². The number of ether oxygens (including phenoxy) is 2. The Morgan fingerprint density at radius 1 is 1.33 bits per heavy atom. The van der Waals surface area contributed by atoms with Gasteiger partial charge in [-0.3, -0.25) is 0 Å². The molecule has 0 saturated heterocycles. The van der Waals surface area contributed by atoms with Gasteiger partial charge in [-0.15, -0.1) is 0 Å². The largest absolute Gasteiger partial charge is 0.497 e. The molecule has 0 aromatic heterocycles. The van der Waals surface area contributed by atoms with Gasteiger partial charge >= 0.3 is 0 Å². The maximum Gasteiger partial charge on any atom is 0.115 e. The summed E-state index contributed by atoms with van der Waals surface area (Å²) in [6.45, 7) is 4.31. The van der Waals surface area contributed by atoms with E-state index < -0.39 is 0 Å². The fraction of sp³-hybridized carbons (Fsp3) is 0.467. The number of nitrogens with one attached hydrogen (secondary N) is 1. The Balaban J connectivity index is 1.77. The third-order valence-electron chi connectivity index (χ3n) is 2.98. The van der Waals surface area contributed by atoms with Crippen molar-refractivity contribution >= 4 is 5.69 Å². The normalized spacial score (nSPS) is 18.4. The first kappa shape index (κ1) is 13.0. The Morgan fingerprint density at radius 2 is 2.17 bits per heavy atom. The molecule has 1 heterocycles. The van der Waals surface area contributed by atoms with Crippen LogP contribution in [0.15, 0.2) is 36.6 Å². The maximum absolute atomic E-state index is 5.51. The van der Waals surface area contributed by atoms with E-state index >= 15 is 0 Å². The summed E-state index contributed by atoms with van der Waals surface area (Å²) in [4.78, 5) is 0. The first-order valence-corrected chi connectivity index (χ1v) is 6.59. The van der Waals surface area contributed by atoms with Crippen molar-refractivity contribution in [2.45, 2.75) is 32.5 Å². The zero-order valence-electron chi connectivity index (χ0n) is 10.9. The summed E-state index contributed by atoms with van der Waals surface area (Å²) >= 11 is 0. The molecule has 1 unspecified atom stereocenters. The Bertz CT molecular complexity index is 373. The van der Waals surface area contributed by atoms with Gasteiger partial charge in [0.25, 0.3) is 0 Å². The molecule has 1 atom stereocenters. The van der Waals surface area contributed by atoms with Crippen molar-refractivity contribution in [3.05, 3.63) is 42.2 Å². The number of hydrogen-bond acceptors (Lipinski definition) is 3. The molecular formula is C15H21NO2. The third-order valence-corrected chi connectivity index (χ3v) is 2.98. The molecule has 3 nitrogen and oxygen atoms in total.